The lowest BCUT2D eigenvalue weighted by atomic mass is 10.0. The molecule has 0 saturated carbocycles. The number of hydrogen-bond donors (Lipinski definition) is 0. The molecule has 0 amide bonds. The highest BCUT2D eigenvalue weighted by Crippen LogP contribution is 2.27. The summed E-state index contributed by atoms with van der Waals surface area (Å²) in [6.45, 7) is 0. The summed E-state index contributed by atoms with van der Waals surface area (Å²) in [6.07, 6.45) is 0. The first kappa shape index (κ1) is 11.6. The van der Waals surface area contributed by atoms with Gasteiger partial charge in [0, 0.05) is 12.1 Å². The van der Waals surface area contributed by atoms with E-state index in [1.54, 1.807) is 0 Å². The smallest absolute Gasteiger partial charge is 0.159 e. The third kappa shape index (κ3) is 2.13. The van der Waals surface area contributed by atoms with Gasteiger partial charge in [0.1, 0.15) is 17.5 Å². The zero-order chi connectivity index (χ0) is 12.6. The van der Waals surface area contributed by atoms with Gasteiger partial charge in [0.25, 0.3) is 0 Å². The van der Waals surface area contributed by atoms with Crippen molar-refractivity contribution in [3.05, 3.63) is 59.4 Å². The van der Waals surface area contributed by atoms with Crippen LogP contribution in [0.15, 0.2) is 30.3 Å². The SMILES string of the molecule is Fc1cc(F)c(-c2ccc(F)c(F)c2)c(F)c1. The number of rotatable bonds is 1. The maximum Gasteiger partial charge on any atom is 0.159 e. The highest BCUT2D eigenvalue weighted by Gasteiger charge is 2.15. The molecule has 0 aliphatic rings. The maximum atomic E-state index is 13.3. The second kappa shape index (κ2) is 4.16. The van der Waals surface area contributed by atoms with E-state index in [9.17, 15) is 22.0 Å². The van der Waals surface area contributed by atoms with Crippen molar-refractivity contribution < 1.29 is 22.0 Å². The molecule has 2 aromatic carbocycles. The van der Waals surface area contributed by atoms with Gasteiger partial charge in [0.2, 0.25) is 0 Å². The lowest BCUT2D eigenvalue weighted by Gasteiger charge is -2.06. The third-order valence-electron chi connectivity index (χ3n) is 2.22. The normalized spacial score (nSPS) is 10.6. The molecule has 0 saturated heterocycles. The van der Waals surface area contributed by atoms with Gasteiger partial charge in [-0.05, 0) is 17.7 Å². The summed E-state index contributed by atoms with van der Waals surface area (Å²) in [5, 5.41) is 0. The van der Waals surface area contributed by atoms with Crippen molar-refractivity contribution in [2.75, 3.05) is 0 Å². The minimum atomic E-state index is -1.23. The molecule has 88 valence electrons. The van der Waals surface area contributed by atoms with E-state index in [2.05, 4.69) is 0 Å². The van der Waals surface area contributed by atoms with Gasteiger partial charge >= 0.3 is 0 Å². The van der Waals surface area contributed by atoms with E-state index in [-0.39, 0.29) is 5.56 Å². The summed E-state index contributed by atoms with van der Waals surface area (Å²) >= 11 is 0. The fourth-order valence-electron chi connectivity index (χ4n) is 1.47. The molecule has 0 radical (unpaired) electrons. The summed E-state index contributed by atoms with van der Waals surface area (Å²) in [7, 11) is 0. The number of benzene rings is 2. The van der Waals surface area contributed by atoms with Crippen LogP contribution < -0.4 is 0 Å². The second-order valence-electron chi connectivity index (χ2n) is 3.37. The van der Waals surface area contributed by atoms with Gasteiger partial charge in [0.05, 0.1) is 5.56 Å². The highest BCUT2D eigenvalue weighted by molar-refractivity contribution is 5.64. The summed E-state index contributed by atoms with van der Waals surface area (Å²) in [6, 6.07) is 3.35. The first-order valence-electron chi connectivity index (χ1n) is 4.59. The quantitative estimate of drug-likeness (QED) is 0.664. The molecule has 0 aliphatic carbocycles. The van der Waals surface area contributed by atoms with Gasteiger partial charge in [0.15, 0.2) is 11.6 Å². The van der Waals surface area contributed by atoms with E-state index in [0.717, 1.165) is 12.1 Å². The molecule has 0 aromatic heterocycles. The first-order valence-corrected chi connectivity index (χ1v) is 4.59. The molecule has 0 unspecified atom stereocenters. The standard InChI is InChI=1S/C12H5F5/c13-7-4-10(16)12(11(17)5-7)6-1-2-8(14)9(15)3-6/h1-5H. The zero-order valence-electron chi connectivity index (χ0n) is 8.28. The molecular formula is C12H5F5. The summed E-state index contributed by atoms with van der Waals surface area (Å²) in [4.78, 5) is 0. The predicted molar refractivity (Wildman–Crippen MR) is 51.7 cm³/mol. The Morgan fingerprint density at radius 2 is 1.18 bits per heavy atom. The third-order valence-corrected chi connectivity index (χ3v) is 2.22. The lowest BCUT2D eigenvalue weighted by molar-refractivity contribution is 0.508. The van der Waals surface area contributed by atoms with Gasteiger partial charge in [-0.2, -0.15) is 0 Å². The molecule has 0 heterocycles. The molecule has 0 fully saturated rings. The molecule has 0 nitrogen and oxygen atoms in total. The molecule has 5 heteroatoms. The van der Waals surface area contributed by atoms with Crippen molar-refractivity contribution in [2.24, 2.45) is 0 Å². The van der Waals surface area contributed by atoms with Crippen molar-refractivity contribution in [3.8, 4) is 11.1 Å². The minimum absolute atomic E-state index is 0.195. The number of hydrogen-bond acceptors (Lipinski definition) is 0. The lowest BCUT2D eigenvalue weighted by Crippen LogP contribution is -1.94. The molecule has 0 atom stereocenters. The summed E-state index contributed by atoms with van der Waals surface area (Å²) in [5.41, 5.74) is -0.788. The summed E-state index contributed by atoms with van der Waals surface area (Å²) < 4.78 is 64.9. The van der Waals surface area contributed by atoms with Crippen molar-refractivity contribution >= 4 is 0 Å². The van der Waals surface area contributed by atoms with Crippen LogP contribution in [-0.2, 0) is 0 Å². The first-order chi connectivity index (χ1) is 7.99. The predicted octanol–water partition coefficient (Wildman–Crippen LogP) is 4.05. The molecule has 2 rings (SSSR count). The monoisotopic (exact) mass is 244 g/mol. The van der Waals surface area contributed by atoms with Gasteiger partial charge < -0.3 is 0 Å². The van der Waals surface area contributed by atoms with E-state index in [1.807, 2.05) is 0 Å². The molecular weight excluding hydrogens is 239 g/mol. The van der Waals surface area contributed by atoms with Crippen molar-refractivity contribution in [1.82, 2.24) is 0 Å². The molecule has 2 aromatic rings. The molecule has 0 N–H and O–H groups in total. The topological polar surface area (TPSA) is 0 Å². The fraction of sp³-hybridized carbons (Fsp3) is 0. The Hall–Kier alpha value is -1.91. The zero-order valence-corrected chi connectivity index (χ0v) is 8.28. The Morgan fingerprint density at radius 3 is 1.71 bits per heavy atom. The van der Waals surface area contributed by atoms with Crippen molar-refractivity contribution in [1.29, 1.82) is 0 Å². The Kier molecular flexibility index (Phi) is 2.83. The molecule has 0 spiro atoms. The van der Waals surface area contributed by atoms with Crippen LogP contribution in [0.3, 0.4) is 0 Å². The fourth-order valence-corrected chi connectivity index (χ4v) is 1.47. The van der Waals surface area contributed by atoms with Gasteiger partial charge in [-0.1, -0.05) is 6.07 Å². The van der Waals surface area contributed by atoms with Crippen LogP contribution in [0.4, 0.5) is 22.0 Å². The molecule has 0 bridgehead atoms. The van der Waals surface area contributed by atoms with Gasteiger partial charge in [-0.15, -0.1) is 0 Å². The van der Waals surface area contributed by atoms with Crippen LogP contribution in [0.25, 0.3) is 11.1 Å². The van der Waals surface area contributed by atoms with Crippen LogP contribution in [-0.4, -0.2) is 0 Å². The largest absolute Gasteiger partial charge is 0.207 e. The molecule has 0 aliphatic heterocycles. The number of halogens is 5. The Morgan fingerprint density at radius 1 is 0.588 bits per heavy atom. The average molecular weight is 244 g/mol. The van der Waals surface area contributed by atoms with E-state index >= 15 is 0 Å². The highest BCUT2D eigenvalue weighted by atomic mass is 19.2. The van der Waals surface area contributed by atoms with Crippen LogP contribution in [0.5, 0.6) is 0 Å². The Balaban J connectivity index is 2.64. The second-order valence-corrected chi connectivity index (χ2v) is 3.37. The van der Waals surface area contributed by atoms with E-state index in [4.69, 9.17) is 0 Å². The van der Waals surface area contributed by atoms with E-state index in [0.29, 0.717) is 18.2 Å². The Labute approximate surface area is 93.3 Å². The van der Waals surface area contributed by atoms with E-state index < -0.39 is 34.6 Å². The van der Waals surface area contributed by atoms with Crippen LogP contribution >= 0.6 is 0 Å². The van der Waals surface area contributed by atoms with Crippen LogP contribution in [0.2, 0.25) is 0 Å². The van der Waals surface area contributed by atoms with E-state index in [1.165, 1.54) is 0 Å². The van der Waals surface area contributed by atoms with Crippen molar-refractivity contribution in [3.63, 3.8) is 0 Å². The summed E-state index contributed by atoms with van der Waals surface area (Å²) in [5.74, 6) is -5.78. The maximum absolute atomic E-state index is 13.3. The van der Waals surface area contributed by atoms with Crippen LogP contribution in [0.1, 0.15) is 0 Å². The Bertz CT molecular complexity index is 554. The van der Waals surface area contributed by atoms with Gasteiger partial charge in [-0.25, -0.2) is 22.0 Å². The van der Waals surface area contributed by atoms with Crippen molar-refractivity contribution in [2.45, 2.75) is 0 Å². The minimum Gasteiger partial charge on any atom is -0.207 e. The van der Waals surface area contributed by atoms with Crippen LogP contribution in [0, 0.1) is 29.1 Å². The van der Waals surface area contributed by atoms with Gasteiger partial charge in [-0.3, -0.25) is 0 Å². The molecule has 17 heavy (non-hydrogen) atoms. The average Bonchev–Trinajstić information content (AvgIpc) is 2.21.